The maximum absolute atomic E-state index is 12.7. The zero-order valence-electron chi connectivity index (χ0n) is 12.3. The standard InChI is InChI=1S/C16H13ClF3NO2/c1-9-7-10(3-6-14(9)23-2)15(22)21-13-8-11(16(18,19)20)4-5-12(13)17/h3-8H,1-2H3,(H,21,22). The van der Waals surface area contributed by atoms with Gasteiger partial charge in [-0.05, 0) is 48.9 Å². The van der Waals surface area contributed by atoms with E-state index in [9.17, 15) is 18.0 Å². The highest BCUT2D eigenvalue weighted by atomic mass is 35.5. The Morgan fingerprint density at radius 1 is 1.17 bits per heavy atom. The highest BCUT2D eigenvalue weighted by Crippen LogP contribution is 2.34. The first-order valence-corrected chi connectivity index (χ1v) is 6.93. The zero-order chi connectivity index (χ0) is 17.2. The molecular formula is C16H13ClF3NO2. The second-order valence-corrected chi connectivity index (χ2v) is 5.24. The summed E-state index contributed by atoms with van der Waals surface area (Å²) in [5.41, 5.74) is 0.0372. The van der Waals surface area contributed by atoms with Gasteiger partial charge < -0.3 is 10.1 Å². The van der Waals surface area contributed by atoms with Crippen LogP contribution < -0.4 is 10.1 Å². The lowest BCUT2D eigenvalue weighted by Crippen LogP contribution is -2.14. The molecule has 1 amide bonds. The molecule has 0 radical (unpaired) electrons. The quantitative estimate of drug-likeness (QED) is 0.858. The van der Waals surface area contributed by atoms with Gasteiger partial charge in [-0.3, -0.25) is 4.79 Å². The van der Waals surface area contributed by atoms with Crippen LogP contribution >= 0.6 is 11.6 Å². The predicted octanol–water partition coefficient (Wildman–Crippen LogP) is 4.93. The van der Waals surface area contributed by atoms with Crippen molar-refractivity contribution in [2.75, 3.05) is 12.4 Å². The fourth-order valence-corrected chi connectivity index (χ4v) is 2.18. The van der Waals surface area contributed by atoms with Crippen LogP contribution in [0.25, 0.3) is 0 Å². The van der Waals surface area contributed by atoms with Crippen LogP contribution in [0.15, 0.2) is 36.4 Å². The summed E-state index contributed by atoms with van der Waals surface area (Å²) >= 11 is 5.85. The molecule has 0 saturated heterocycles. The van der Waals surface area contributed by atoms with Crippen molar-refractivity contribution < 1.29 is 22.7 Å². The van der Waals surface area contributed by atoms with E-state index in [2.05, 4.69) is 5.32 Å². The van der Waals surface area contributed by atoms with Crippen LogP contribution in [-0.4, -0.2) is 13.0 Å². The largest absolute Gasteiger partial charge is 0.496 e. The van der Waals surface area contributed by atoms with Crippen molar-refractivity contribution in [2.45, 2.75) is 13.1 Å². The summed E-state index contributed by atoms with van der Waals surface area (Å²) in [7, 11) is 1.50. The Kier molecular flexibility index (Phi) is 4.85. The number of anilines is 1. The first-order valence-electron chi connectivity index (χ1n) is 6.55. The number of alkyl halides is 3. The fourth-order valence-electron chi connectivity index (χ4n) is 2.01. The van der Waals surface area contributed by atoms with Crippen molar-refractivity contribution in [1.82, 2.24) is 0 Å². The summed E-state index contributed by atoms with van der Waals surface area (Å²) in [4.78, 5) is 12.2. The highest BCUT2D eigenvalue weighted by molar-refractivity contribution is 6.34. The first kappa shape index (κ1) is 17.1. The zero-order valence-corrected chi connectivity index (χ0v) is 13.0. The van der Waals surface area contributed by atoms with Gasteiger partial charge in [0.25, 0.3) is 5.91 Å². The number of methoxy groups -OCH3 is 1. The van der Waals surface area contributed by atoms with E-state index in [1.54, 1.807) is 19.1 Å². The number of rotatable bonds is 3. The van der Waals surface area contributed by atoms with Gasteiger partial charge in [0.15, 0.2) is 0 Å². The fraction of sp³-hybridized carbons (Fsp3) is 0.188. The van der Waals surface area contributed by atoms with E-state index in [0.29, 0.717) is 5.75 Å². The molecule has 0 aliphatic heterocycles. The molecule has 122 valence electrons. The Labute approximate surface area is 136 Å². The van der Waals surface area contributed by atoms with E-state index >= 15 is 0 Å². The number of benzene rings is 2. The summed E-state index contributed by atoms with van der Waals surface area (Å²) in [6.45, 7) is 1.76. The van der Waals surface area contributed by atoms with Gasteiger partial charge in [0.05, 0.1) is 23.4 Å². The van der Waals surface area contributed by atoms with Crippen LogP contribution in [0, 0.1) is 6.92 Å². The van der Waals surface area contributed by atoms with E-state index < -0.39 is 17.6 Å². The van der Waals surface area contributed by atoms with Crippen molar-refractivity contribution in [3.05, 3.63) is 58.1 Å². The SMILES string of the molecule is COc1ccc(C(=O)Nc2cc(C(F)(F)F)ccc2Cl)cc1C. The molecule has 0 atom stereocenters. The predicted molar refractivity (Wildman–Crippen MR) is 82.1 cm³/mol. The summed E-state index contributed by atoms with van der Waals surface area (Å²) in [5.74, 6) is 0.0515. The molecule has 0 heterocycles. The number of nitrogens with one attached hydrogen (secondary N) is 1. The lowest BCUT2D eigenvalue weighted by Gasteiger charge is -2.12. The Balaban J connectivity index is 2.28. The summed E-state index contributed by atoms with van der Waals surface area (Å²) in [5, 5.41) is 2.42. The molecule has 0 aliphatic carbocycles. The maximum atomic E-state index is 12.7. The molecule has 3 nitrogen and oxygen atoms in total. The Hall–Kier alpha value is -2.21. The summed E-state index contributed by atoms with van der Waals surface area (Å²) in [6.07, 6.45) is -4.51. The van der Waals surface area contributed by atoms with Crippen molar-refractivity contribution in [1.29, 1.82) is 0 Å². The van der Waals surface area contributed by atoms with Crippen LogP contribution in [0.1, 0.15) is 21.5 Å². The third-order valence-electron chi connectivity index (χ3n) is 3.20. The van der Waals surface area contributed by atoms with Crippen LogP contribution in [-0.2, 0) is 6.18 Å². The number of halogens is 4. The molecule has 0 spiro atoms. The number of amides is 1. The molecule has 0 aromatic heterocycles. The lowest BCUT2D eigenvalue weighted by atomic mass is 10.1. The number of hydrogen-bond donors (Lipinski definition) is 1. The molecule has 23 heavy (non-hydrogen) atoms. The lowest BCUT2D eigenvalue weighted by molar-refractivity contribution is -0.137. The van der Waals surface area contributed by atoms with Crippen molar-refractivity contribution >= 4 is 23.2 Å². The van der Waals surface area contributed by atoms with Crippen LogP contribution in [0.2, 0.25) is 5.02 Å². The molecule has 0 fully saturated rings. The molecular weight excluding hydrogens is 331 g/mol. The molecule has 0 unspecified atom stereocenters. The minimum absolute atomic E-state index is 0.0246. The summed E-state index contributed by atoms with van der Waals surface area (Å²) < 4.78 is 43.3. The Morgan fingerprint density at radius 3 is 2.43 bits per heavy atom. The minimum Gasteiger partial charge on any atom is -0.496 e. The van der Waals surface area contributed by atoms with Gasteiger partial charge >= 0.3 is 6.18 Å². The number of aryl methyl sites for hydroxylation is 1. The van der Waals surface area contributed by atoms with E-state index in [1.165, 1.54) is 13.2 Å². The normalized spacial score (nSPS) is 11.2. The minimum atomic E-state index is -4.51. The number of carbonyl (C=O) groups is 1. The van der Waals surface area contributed by atoms with E-state index in [1.807, 2.05) is 0 Å². The molecule has 1 N–H and O–H groups in total. The number of carbonyl (C=O) groups excluding carboxylic acids is 1. The second kappa shape index (κ2) is 6.50. The van der Waals surface area contributed by atoms with Gasteiger partial charge in [-0.25, -0.2) is 0 Å². The van der Waals surface area contributed by atoms with Crippen LogP contribution in [0.4, 0.5) is 18.9 Å². The molecule has 0 bridgehead atoms. The van der Waals surface area contributed by atoms with Crippen molar-refractivity contribution in [3.8, 4) is 5.75 Å². The molecule has 7 heteroatoms. The first-order chi connectivity index (χ1) is 10.7. The van der Waals surface area contributed by atoms with Crippen LogP contribution in [0.5, 0.6) is 5.75 Å². The van der Waals surface area contributed by atoms with Gasteiger partial charge in [0, 0.05) is 5.56 Å². The average Bonchev–Trinajstić information content (AvgIpc) is 2.48. The molecule has 2 rings (SSSR count). The van der Waals surface area contributed by atoms with Gasteiger partial charge in [0.2, 0.25) is 0 Å². The highest BCUT2D eigenvalue weighted by Gasteiger charge is 2.31. The van der Waals surface area contributed by atoms with Crippen molar-refractivity contribution in [3.63, 3.8) is 0 Å². The van der Waals surface area contributed by atoms with Gasteiger partial charge in [-0.2, -0.15) is 13.2 Å². The third kappa shape index (κ3) is 3.96. The topological polar surface area (TPSA) is 38.3 Å². The smallest absolute Gasteiger partial charge is 0.416 e. The van der Waals surface area contributed by atoms with Crippen LogP contribution in [0.3, 0.4) is 0 Å². The van der Waals surface area contributed by atoms with Gasteiger partial charge in [-0.1, -0.05) is 11.6 Å². The average molecular weight is 344 g/mol. The second-order valence-electron chi connectivity index (χ2n) is 4.83. The van der Waals surface area contributed by atoms with E-state index in [-0.39, 0.29) is 16.3 Å². The number of hydrogen-bond acceptors (Lipinski definition) is 2. The summed E-state index contributed by atoms with van der Waals surface area (Å²) in [6, 6.07) is 7.46. The van der Waals surface area contributed by atoms with Crippen molar-refractivity contribution in [2.24, 2.45) is 0 Å². The Bertz CT molecular complexity index is 745. The molecule has 2 aromatic carbocycles. The molecule has 0 saturated carbocycles. The van der Waals surface area contributed by atoms with E-state index in [0.717, 1.165) is 23.8 Å². The maximum Gasteiger partial charge on any atom is 0.416 e. The molecule has 2 aromatic rings. The number of ether oxygens (including phenoxy) is 1. The Morgan fingerprint density at radius 2 is 1.87 bits per heavy atom. The van der Waals surface area contributed by atoms with E-state index in [4.69, 9.17) is 16.3 Å². The molecule has 0 aliphatic rings. The third-order valence-corrected chi connectivity index (χ3v) is 3.53. The monoisotopic (exact) mass is 343 g/mol. The van der Waals surface area contributed by atoms with Gasteiger partial charge in [0.1, 0.15) is 5.75 Å². The van der Waals surface area contributed by atoms with Gasteiger partial charge in [-0.15, -0.1) is 0 Å².